The lowest BCUT2D eigenvalue weighted by atomic mass is 10.2. The van der Waals surface area contributed by atoms with Gasteiger partial charge in [-0.1, -0.05) is 35.0 Å². The highest BCUT2D eigenvalue weighted by atomic mass is 35.5. The van der Waals surface area contributed by atoms with Crippen molar-refractivity contribution in [1.29, 1.82) is 0 Å². The minimum Gasteiger partial charge on any atom is -0.337 e. The first kappa shape index (κ1) is 14.5. The molecule has 5 nitrogen and oxygen atoms in total. The Kier molecular flexibility index (Phi) is 4.34. The number of halogens is 1. The van der Waals surface area contributed by atoms with E-state index in [4.69, 9.17) is 16.1 Å². The molecule has 3 aromatic rings. The molecule has 0 aliphatic rings. The molecule has 0 aliphatic heterocycles. The molecule has 0 saturated carbocycles. The van der Waals surface area contributed by atoms with Crippen molar-refractivity contribution < 1.29 is 4.52 Å². The van der Waals surface area contributed by atoms with Gasteiger partial charge in [0.1, 0.15) is 0 Å². The van der Waals surface area contributed by atoms with E-state index in [9.17, 15) is 0 Å². The molecule has 2 heterocycles. The summed E-state index contributed by atoms with van der Waals surface area (Å²) in [5, 5.41) is 7.70. The Morgan fingerprint density at radius 1 is 1.23 bits per heavy atom. The Hall–Kier alpha value is -2.40. The van der Waals surface area contributed by atoms with Gasteiger partial charge in [0.15, 0.2) is 0 Å². The van der Waals surface area contributed by atoms with Gasteiger partial charge in [-0.05, 0) is 37.1 Å². The van der Waals surface area contributed by atoms with E-state index in [2.05, 4.69) is 26.5 Å². The second kappa shape index (κ2) is 6.58. The third-order valence-corrected chi connectivity index (χ3v) is 3.41. The number of hydrogen-bond acceptors (Lipinski definition) is 5. The summed E-state index contributed by atoms with van der Waals surface area (Å²) in [6.45, 7) is 2.67. The Morgan fingerprint density at radius 3 is 2.91 bits per heavy atom. The maximum atomic E-state index is 5.96. The molecule has 0 atom stereocenters. The van der Waals surface area contributed by atoms with Crippen LogP contribution < -0.4 is 5.32 Å². The van der Waals surface area contributed by atoms with E-state index in [0.717, 1.165) is 23.2 Å². The molecule has 22 heavy (non-hydrogen) atoms. The van der Waals surface area contributed by atoms with Crippen molar-refractivity contribution in [1.82, 2.24) is 15.1 Å². The lowest BCUT2D eigenvalue weighted by Crippen LogP contribution is -2.05. The van der Waals surface area contributed by atoms with Crippen LogP contribution in [-0.2, 0) is 6.42 Å². The third kappa shape index (κ3) is 3.62. The zero-order chi connectivity index (χ0) is 15.4. The molecule has 1 N–H and O–H groups in total. The minimum absolute atomic E-state index is 0.398. The van der Waals surface area contributed by atoms with Gasteiger partial charge in [0.05, 0.1) is 0 Å². The fraction of sp³-hybridized carbons (Fsp3) is 0.188. The highest BCUT2D eigenvalue weighted by molar-refractivity contribution is 6.30. The number of aryl methyl sites for hydroxylation is 1. The minimum atomic E-state index is 0.398. The molecular weight excluding hydrogens is 300 g/mol. The monoisotopic (exact) mass is 314 g/mol. The van der Waals surface area contributed by atoms with Crippen LogP contribution in [0.2, 0.25) is 5.02 Å². The van der Waals surface area contributed by atoms with E-state index in [1.165, 1.54) is 0 Å². The summed E-state index contributed by atoms with van der Waals surface area (Å²) in [6, 6.07) is 11.8. The smallest absolute Gasteiger partial charge is 0.321 e. The van der Waals surface area contributed by atoms with Crippen molar-refractivity contribution in [2.75, 3.05) is 11.9 Å². The molecule has 0 radical (unpaired) electrons. The van der Waals surface area contributed by atoms with Crippen LogP contribution in [-0.4, -0.2) is 21.7 Å². The average Bonchev–Trinajstić information content (AvgIpc) is 2.98. The van der Waals surface area contributed by atoms with Gasteiger partial charge >= 0.3 is 6.01 Å². The number of anilines is 1. The van der Waals surface area contributed by atoms with Gasteiger partial charge in [0, 0.05) is 29.0 Å². The molecular formula is C16H15ClN4O. The van der Waals surface area contributed by atoms with E-state index in [0.29, 0.717) is 23.4 Å². The largest absolute Gasteiger partial charge is 0.337 e. The number of nitrogens with zero attached hydrogens (tertiary/aromatic N) is 3. The molecule has 0 saturated heterocycles. The zero-order valence-corrected chi connectivity index (χ0v) is 12.8. The third-order valence-electron chi connectivity index (χ3n) is 3.17. The second-order valence-corrected chi connectivity index (χ2v) is 5.35. The normalized spacial score (nSPS) is 10.6. The van der Waals surface area contributed by atoms with Crippen LogP contribution in [0, 0.1) is 6.92 Å². The molecule has 0 amide bonds. The van der Waals surface area contributed by atoms with Crippen molar-refractivity contribution in [2.24, 2.45) is 0 Å². The average molecular weight is 315 g/mol. The molecule has 0 unspecified atom stereocenters. The second-order valence-electron chi connectivity index (χ2n) is 4.92. The van der Waals surface area contributed by atoms with Crippen LogP contribution >= 0.6 is 11.6 Å². The summed E-state index contributed by atoms with van der Waals surface area (Å²) in [5.41, 5.74) is 3.00. The van der Waals surface area contributed by atoms with Crippen molar-refractivity contribution in [3.63, 3.8) is 0 Å². The van der Waals surface area contributed by atoms with Crippen molar-refractivity contribution in [3.8, 4) is 11.4 Å². The Bertz CT molecular complexity index is 755. The molecule has 112 valence electrons. The molecule has 2 aromatic heterocycles. The van der Waals surface area contributed by atoms with Gasteiger partial charge in [-0.3, -0.25) is 4.98 Å². The molecule has 1 aromatic carbocycles. The van der Waals surface area contributed by atoms with E-state index in [1.807, 2.05) is 31.3 Å². The molecule has 3 rings (SSSR count). The maximum Gasteiger partial charge on any atom is 0.321 e. The zero-order valence-electron chi connectivity index (χ0n) is 12.1. The van der Waals surface area contributed by atoms with Crippen LogP contribution in [0.4, 0.5) is 6.01 Å². The van der Waals surface area contributed by atoms with Crippen LogP contribution in [0.25, 0.3) is 11.4 Å². The molecule has 0 aliphatic carbocycles. The van der Waals surface area contributed by atoms with Gasteiger partial charge in [0.2, 0.25) is 5.82 Å². The van der Waals surface area contributed by atoms with Crippen molar-refractivity contribution in [2.45, 2.75) is 13.3 Å². The summed E-state index contributed by atoms with van der Waals surface area (Å²) >= 11 is 5.96. The first-order valence-electron chi connectivity index (χ1n) is 6.96. The van der Waals surface area contributed by atoms with Crippen molar-refractivity contribution >= 4 is 17.6 Å². The van der Waals surface area contributed by atoms with Gasteiger partial charge in [-0.25, -0.2) is 0 Å². The highest BCUT2D eigenvalue weighted by Crippen LogP contribution is 2.21. The summed E-state index contributed by atoms with van der Waals surface area (Å²) in [5.74, 6) is 0.516. The molecule has 6 heteroatoms. The lowest BCUT2D eigenvalue weighted by molar-refractivity contribution is 0.432. The number of benzene rings is 1. The predicted molar refractivity (Wildman–Crippen MR) is 85.9 cm³/mol. The summed E-state index contributed by atoms with van der Waals surface area (Å²) in [6.07, 6.45) is 2.71. The van der Waals surface area contributed by atoms with E-state index < -0.39 is 0 Å². The molecule has 0 spiro atoms. The van der Waals surface area contributed by atoms with Crippen molar-refractivity contribution in [3.05, 3.63) is 58.9 Å². The van der Waals surface area contributed by atoms with E-state index >= 15 is 0 Å². The number of nitrogens with one attached hydrogen (secondary N) is 1. The maximum absolute atomic E-state index is 5.96. The quantitative estimate of drug-likeness (QED) is 0.777. The number of pyridine rings is 1. The summed E-state index contributed by atoms with van der Waals surface area (Å²) < 4.78 is 5.19. The van der Waals surface area contributed by atoms with E-state index in [-0.39, 0.29) is 0 Å². The fourth-order valence-corrected chi connectivity index (χ4v) is 2.19. The van der Waals surface area contributed by atoms with Gasteiger partial charge in [-0.2, -0.15) is 4.98 Å². The topological polar surface area (TPSA) is 63.8 Å². The van der Waals surface area contributed by atoms with Gasteiger partial charge in [0.25, 0.3) is 0 Å². The Morgan fingerprint density at radius 2 is 2.14 bits per heavy atom. The molecule has 0 bridgehead atoms. The van der Waals surface area contributed by atoms with E-state index in [1.54, 1.807) is 12.1 Å². The lowest BCUT2D eigenvalue weighted by Gasteiger charge is -2.01. The van der Waals surface area contributed by atoms with Crippen LogP contribution in [0.1, 0.15) is 11.3 Å². The Labute approximate surface area is 133 Å². The van der Waals surface area contributed by atoms with Gasteiger partial charge < -0.3 is 9.84 Å². The first-order chi connectivity index (χ1) is 10.7. The number of hydrogen-bond donors (Lipinski definition) is 1. The van der Waals surface area contributed by atoms with Crippen LogP contribution in [0.15, 0.2) is 47.1 Å². The fourth-order valence-electron chi connectivity index (χ4n) is 2.00. The predicted octanol–water partition coefficient (Wildman–Crippen LogP) is 3.75. The standard InChI is InChI=1S/C16H15ClN4O/c1-11-5-6-12(10-19-11)7-8-18-16-20-15(21-22-16)13-3-2-4-14(17)9-13/h2-6,9-10H,7-8H2,1H3,(H,18,20,21). The Balaban J connectivity index is 1.59. The van der Waals surface area contributed by atoms with Crippen LogP contribution in [0.5, 0.6) is 0 Å². The summed E-state index contributed by atoms with van der Waals surface area (Å²) in [4.78, 5) is 8.57. The number of rotatable bonds is 5. The highest BCUT2D eigenvalue weighted by Gasteiger charge is 2.08. The number of aromatic nitrogens is 3. The summed E-state index contributed by atoms with van der Waals surface area (Å²) in [7, 11) is 0. The molecule has 0 fully saturated rings. The first-order valence-corrected chi connectivity index (χ1v) is 7.33. The SMILES string of the molecule is Cc1ccc(CCNc2nc(-c3cccc(Cl)c3)no2)cn1. The van der Waals surface area contributed by atoms with Crippen LogP contribution in [0.3, 0.4) is 0 Å². The van der Waals surface area contributed by atoms with Gasteiger partial charge in [-0.15, -0.1) is 0 Å².